The summed E-state index contributed by atoms with van der Waals surface area (Å²) in [7, 11) is -3.99. The van der Waals surface area contributed by atoms with E-state index in [2.05, 4.69) is 4.98 Å². The molecular formula is C35H29F3N2O4S. The molecule has 0 saturated carbocycles. The molecule has 1 aromatic heterocycles. The van der Waals surface area contributed by atoms with E-state index >= 15 is 0 Å². The highest BCUT2D eigenvalue weighted by Gasteiger charge is 2.30. The van der Waals surface area contributed by atoms with Gasteiger partial charge >= 0.3 is 12.1 Å². The molecule has 4 aromatic carbocycles. The second kappa shape index (κ2) is 13.5. The van der Waals surface area contributed by atoms with Crippen LogP contribution in [0.5, 0.6) is 0 Å². The molecule has 0 atom stereocenters. The summed E-state index contributed by atoms with van der Waals surface area (Å²) >= 11 is 0. The summed E-state index contributed by atoms with van der Waals surface area (Å²) in [5, 5.41) is 0. The first-order chi connectivity index (χ1) is 21.5. The first kappa shape index (κ1) is 31.6. The number of alkyl halides is 3. The number of pyridine rings is 1. The van der Waals surface area contributed by atoms with Gasteiger partial charge in [-0.1, -0.05) is 66.7 Å². The van der Waals surface area contributed by atoms with Gasteiger partial charge in [0.15, 0.2) is 0 Å². The molecule has 0 aliphatic rings. The number of halogens is 3. The van der Waals surface area contributed by atoms with Crippen molar-refractivity contribution in [2.45, 2.75) is 31.1 Å². The van der Waals surface area contributed by atoms with Gasteiger partial charge in [-0.3, -0.25) is 4.98 Å². The number of hydrogen-bond acceptors (Lipinski definition) is 5. The molecule has 0 radical (unpaired) electrons. The molecule has 10 heteroatoms. The first-order valence-electron chi connectivity index (χ1n) is 14.1. The van der Waals surface area contributed by atoms with E-state index in [4.69, 9.17) is 4.74 Å². The average Bonchev–Trinajstić information content (AvgIpc) is 3.05. The highest BCUT2D eigenvalue weighted by atomic mass is 32.2. The largest absolute Gasteiger partial charge is 0.462 e. The fourth-order valence-electron chi connectivity index (χ4n) is 4.76. The monoisotopic (exact) mass is 630 g/mol. The van der Waals surface area contributed by atoms with E-state index in [9.17, 15) is 26.4 Å². The molecule has 0 N–H and O–H groups in total. The third kappa shape index (κ3) is 7.65. The van der Waals surface area contributed by atoms with Gasteiger partial charge in [0.25, 0.3) is 0 Å². The zero-order chi connectivity index (χ0) is 32.0. The molecule has 6 nitrogen and oxygen atoms in total. The lowest BCUT2D eigenvalue weighted by Gasteiger charge is -2.23. The topological polar surface area (TPSA) is 76.6 Å². The summed E-state index contributed by atoms with van der Waals surface area (Å²) in [5.74, 6) is -0.386. The number of aromatic nitrogens is 1. The van der Waals surface area contributed by atoms with Crippen molar-refractivity contribution in [2.75, 3.05) is 6.61 Å². The average molecular weight is 631 g/mol. The molecular weight excluding hydrogens is 601 g/mol. The molecule has 230 valence electrons. The Hall–Kier alpha value is -4.80. The summed E-state index contributed by atoms with van der Waals surface area (Å²) in [6.45, 7) is 2.21. The van der Waals surface area contributed by atoms with Crippen LogP contribution in [-0.2, 0) is 34.0 Å². The zero-order valence-corrected chi connectivity index (χ0v) is 25.1. The van der Waals surface area contributed by atoms with Crippen LogP contribution in [0.1, 0.15) is 34.0 Å². The number of esters is 1. The Morgan fingerprint density at radius 2 is 1.24 bits per heavy atom. The van der Waals surface area contributed by atoms with Crippen molar-refractivity contribution in [3.05, 3.63) is 144 Å². The highest BCUT2D eigenvalue weighted by Crippen LogP contribution is 2.32. The fraction of sp³-hybridized carbons (Fsp3) is 0.143. The number of carbonyl (C=O) groups is 1. The lowest BCUT2D eigenvalue weighted by molar-refractivity contribution is -0.137. The van der Waals surface area contributed by atoms with Gasteiger partial charge in [0, 0.05) is 25.5 Å². The molecule has 0 spiro atoms. The number of sulfonamides is 1. The van der Waals surface area contributed by atoms with Crippen molar-refractivity contribution < 1.29 is 31.1 Å². The van der Waals surface area contributed by atoms with Gasteiger partial charge in [0.2, 0.25) is 10.0 Å². The third-order valence-corrected chi connectivity index (χ3v) is 8.97. The van der Waals surface area contributed by atoms with Gasteiger partial charge in [0.1, 0.15) is 0 Å². The number of benzene rings is 4. The van der Waals surface area contributed by atoms with Crippen LogP contribution in [0.4, 0.5) is 13.2 Å². The summed E-state index contributed by atoms with van der Waals surface area (Å²) in [6, 6.07) is 28.9. The summed E-state index contributed by atoms with van der Waals surface area (Å²) in [6.07, 6.45) is -1.22. The molecule has 0 amide bonds. The van der Waals surface area contributed by atoms with Gasteiger partial charge in [-0.15, -0.1) is 0 Å². The Bertz CT molecular complexity index is 1840. The maximum Gasteiger partial charge on any atom is 0.416 e. The van der Waals surface area contributed by atoms with Gasteiger partial charge in [0.05, 0.1) is 22.6 Å². The highest BCUT2D eigenvalue weighted by molar-refractivity contribution is 7.89. The molecule has 0 unspecified atom stereocenters. The van der Waals surface area contributed by atoms with Crippen molar-refractivity contribution in [3.63, 3.8) is 0 Å². The van der Waals surface area contributed by atoms with E-state index < -0.39 is 21.8 Å². The van der Waals surface area contributed by atoms with Crippen molar-refractivity contribution >= 4 is 16.0 Å². The van der Waals surface area contributed by atoms with E-state index in [-0.39, 0.29) is 24.0 Å². The van der Waals surface area contributed by atoms with Crippen molar-refractivity contribution in [2.24, 2.45) is 0 Å². The number of hydrogen-bond donors (Lipinski definition) is 0. The Morgan fingerprint density at radius 1 is 0.733 bits per heavy atom. The Balaban J connectivity index is 1.37. The molecule has 0 aliphatic carbocycles. The molecule has 0 fully saturated rings. The van der Waals surface area contributed by atoms with Crippen LogP contribution in [0.3, 0.4) is 0 Å². The first-order valence-corrected chi connectivity index (χ1v) is 15.5. The molecule has 1 heterocycles. The predicted octanol–water partition coefficient (Wildman–Crippen LogP) is 8.00. The van der Waals surface area contributed by atoms with E-state index in [0.717, 1.165) is 28.8 Å². The van der Waals surface area contributed by atoms with Crippen LogP contribution in [0.2, 0.25) is 0 Å². The Morgan fingerprint density at radius 3 is 1.76 bits per heavy atom. The number of ether oxygens (including phenoxy) is 1. The minimum Gasteiger partial charge on any atom is -0.462 e. The minimum absolute atomic E-state index is 0.0559. The normalized spacial score (nSPS) is 11.8. The van der Waals surface area contributed by atoms with Gasteiger partial charge in [-0.25, -0.2) is 13.2 Å². The quantitative estimate of drug-likeness (QED) is 0.146. The molecule has 0 bridgehead atoms. The Kier molecular flexibility index (Phi) is 9.45. The van der Waals surface area contributed by atoms with E-state index in [1.807, 2.05) is 36.4 Å². The van der Waals surface area contributed by atoms with E-state index in [0.29, 0.717) is 28.9 Å². The smallest absolute Gasteiger partial charge is 0.416 e. The van der Waals surface area contributed by atoms with Crippen LogP contribution >= 0.6 is 0 Å². The number of rotatable bonds is 10. The van der Waals surface area contributed by atoms with Gasteiger partial charge in [-0.2, -0.15) is 17.5 Å². The van der Waals surface area contributed by atoms with Gasteiger partial charge < -0.3 is 4.74 Å². The van der Waals surface area contributed by atoms with Crippen LogP contribution in [0.25, 0.3) is 22.3 Å². The lowest BCUT2D eigenvalue weighted by atomic mass is 10.0. The zero-order valence-electron chi connectivity index (χ0n) is 24.2. The molecule has 5 aromatic rings. The molecule has 0 saturated heterocycles. The van der Waals surface area contributed by atoms with Crippen LogP contribution in [0, 0.1) is 0 Å². The standard InChI is InChI=1S/C35H29F3N2O4S/c1-2-44-34(41)31-11-9-28(10-12-31)27-7-5-25(6-8-27)23-40(24-26-4-3-21-39-22-26)45(42,43)33-19-15-30(16-20-33)29-13-17-32(18-14-29)35(36,37)38/h3-22H,2,23-24H2,1H3. The Labute approximate surface area is 259 Å². The second-order valence-corrected chi connectivity index (χ2v) is 12.2. The summed E-state index contributed by atoms with van der Waals surface area (Å²) in [4.78, 5) is 16.1. The summed E-state index contributed by atoms with van der Waals surface area (Å²) in [5.41, 5.74) is 4.09. The predicted molar refractivity (Wildman–Crippen MR) is 165 cm³/mol. The van der Waals surface area contributed by atoms with Crippen LogP contribution in [-0.4, -0.2) is 30.3 Å². The van der Waals surface area contributed by atoms with Crippen LogP contribution < -0.4 is 0 Å². The minimum atomic E-state index is -4.44. The maximum atomic E-state index is 13.9. The number of carbonyl (C=O) groups excluding carboxylic acids is 1. The number of nitrogens with zero attached hydrogens (tertiary/aromatic N) is 2. The van der Waals surface area contributed by atoms with Crippen LogP contribution in [0.15, 0.2) is 126 Å². The maximum absolute atomic E-state index is 13.9. The van der Waals surface area contributed by atoms with Crippen molar-refractivity contribution in [1.82, 2.24) is 9.29 Å². The molecule has 45 heavy (non-hydrogen) atoms. The fourth-order valence-corrected chi connectivity index (χ4v) is 6.18. The van der Waals surface area contributed by atoms with E-state index in [1.165, 1.54) is 28.6 Å². The lowest BCUT2D eigenvalue weighted by Crippen LogP contribution is -2.30. The van der Waals surface area contributed by atoms with Crippen molar-refractivity contribution in [3.8, 4) is 22.3 Å². The third-order valence-electron chi connectivity index (χ3n) is 7.16. The summed E-state index contributed by atoms with van der Waals surface area (Å²) < 4.78 is 73.1. The van der Waals surface area contributed by atoms with Gasteiger partial charge in [-0.05, 0) is 82.8 Å². The second-order valence-electron chi connectivity index (χ2n) is 10.2. The molecule has 0 aliphatic heterocycles. The van der Waals surface area contributed by atoms with Crippen molar-refractivity contribution in [1.29, 1.82) is 0 Å². The SMILES string of the molecule is CCOC(=O)c1ccc(-c2ccc(CN(Cc3cccnc3)S(=O)(=O)c3ccc(-c4ccc(C(F)(F)F)cc4)cc3)cc2)cc1. The molecule has 5 rings (SSSR count). The van der Waals surface area contributed by atoms with E-state index in [1.54, 1.807) is 55.7 Å².